The lowest BCUT2D eigenvalue weighted by molar-refractivity contribution is 1.33. The van der Waals surface area contributed by atoms with Gasteiger partial charge in [-0.15, -0.1) is 0 Å². The van der Waals surface area contributed by atoms with E-state index in [1.54, 1.807) is 0 Å². The smallest absolute Gasteiger partial charge is 0.140 e. The van der Waals surface area contributed by atoms with E-state index in [-0.39, 0.29) is 0 Å². The number of nitrogens with zero attached hydrogens (tertiary/aromatic N) is 1. The van der Waals surface area contributed by atoms with Gasteiger partial charge in [0.05, 0.1) is 16.1 Å². The molecule has 0 radical (unpaired) electrons. The second-order valence-corrected chi connectivity index (χ2v) is 5.44. The number of fused-ring (bicyclic) bond motifs is 1. The highest BCUT2D eigenvalue weighted by Gasteiger charge is 2.10. The number of benzene rings is 2. The summed E-state index contributed by atoms with van der Waals surface area (Å²) in [5.74, 6) is 0.793. The number of hydrogen-bond acceptors (Lipinski definition) is 1. The Morgan fingerprint density at radius 1 is 1.22 bits per heavy atom. The third-order valence-electron chi connectivity index (χ3n) is 2.84. The highest BCUT2D eigenvalue weighted by Crippen LogP contribution is 2.33. The molecule has 4 heteroatoms. The molecule has 3 aromatic rings. The van der Waals surface area contributed by atoms with Crippen LogP contribution in [0.2, 0.25) is 5.02 Å². The summed E-state index contributed by atoms with van der Waals surface area (Å²) >= 11 is 9.70. The van der Waals surface area contributed by atoms with Crippen molar-refractivity contribution in [1.29, 1.82) is 0 Å². The van der Waals surface area contributed by atoms with Crippen LogP contribution in [0, 0.1) is 6.92 Å². The molecular weight excluding hydrogens is 312 g/mol. The highest BCUT2D eigenvalue weighted by atomic mass is 79.9. The van der Waals surface area contributed by atoms with Crippen LogP contribution in [0.15, 0.2) is 40.9 Å². The Labute approximate surface area is 118 Å². The number of imidazole rings is 1. The average molecular weight is 322 g/mol. The van der Waals surface area contributed by atoms with E-state index >= 15 is 0 Å². The molecule has 1 heterocycles. The zero-order chi connectivity index (χ0) is 12.7. The first-order valence-electron chi connectivity index (χ1n) is 5.56. The maximum atomic E-state index is 6.28. The van der Waals surface area contributed by atoms with E-state index < -0.39 is 0 Å². The zero-order valence-corrected chi connectivity index (χ0v) is 12.0. The molecule has 3 rings (SSSR count). The van der Waals surface area contributed by atoms with Crippen LogP contribution < -0.4 is 0 Å². The van der Waals surface area contributed by atoms with Crippen LogP contribution in [-0.4, -0.2) is 9.97 Å². The molecule has 0 unspecified atom stereocenters. The SMILES string of the molecule is Cc1ccc2nc(-c3cccc(Br)c3Cl)[nH]c2c1. The van der Waals surface area contributed by atoms with E-state index in [9.17, 15) is 0 Å². The first-order valence-corrected chi connectivity index (χ1v) is 6.73. The first kappa shape index (κ1) is 11.8. The Hall–Kier alpha value is -1.32. The summed E-state index contributed by atoms with van der Waals surface area (Å²) in [4.78, 5) is 7.87. The van der Waals surface area contributed by atoms with E-state index in [4.69, 9.17) is 11.6 Å². The minimum Gasteiger partial charge on any atom is -0.338 e. The minimum atomic E-state index is 0.674. The highest BCUT2D eigenvalue weighted by molar-refractivity contribution is 9.10. The Morgan fingerprint density at radius 3 is 2.89 bits per heavy atom. The fourth-order valence-corrected chi connectivity index (χ4v) is 2.52. The molecule has 0 aliphatic rings. The second kappa shape index (κ2) is 4.41. The van der Waals surface area contributed by atoms with Crippen molar-refractivity contribution in [3.05, 3.63) is 51.5 Å². The van der Waals surface area contributed by atoms with Gasteiger partial charge in [-0.05, 0) is 52.7 Å². The van der Waals surface area contributed by atoms with Crippen LogP contribution in [-0.2, 0) is 0 Å². The molecule has 0 fully saturated rings. The predicted molar refractivity (Wildman–Crippen MR) is 79.0 cm³/mol. The number of aromatic amines is 1. The normalized spacial score (nSPS) is 11.1. The van der Waals surface area contributed by atoms with Crippen molar-refractivity contribution < 1.29 is 0 Å². The molecule has 2 nitrogen and oxygen atoms in total. The maximum absolute atomic E-state index is 6.28. The van der Waals surface area contributed by atoms with Crippen LogP contribution in [0.4, 0.5) is 0 Å². The monoisotopic (exact) mass is 320 g/mol. The molecular formula is C14H10BrClN2. The van der Waals surface area contributed by atoms with Crippen molar-refractivity contribution in [2.24, 2.45) is 0 Å². The summed E-state index contributed by atoms with van der Waals surface area (Å²) in [6.45, 7) is 2.06. The van der Waals surface area contributed by atoms with Gasteiger partial charge < -0.3 is 4.98 Å². The molecule has 0 atom stereocenters. The summed E-state index contributed by atoms with van der Waals surface area (Å²) < 4.78 is 0.873. The van der Waals surface area contributed by atoms with Crippen LogP contribution >= 0.6 is 27.5 Å². The molecule has 0 saturated heterocycles. The molecule has 90 valence electrons. The molecule has 0 aliphatic heterocycles. The van der Waals surface area contributed by atoms with Crippen LogP contribution in [0.1, 0.15) is 5.56 Å². The van der Waals surface area contributed by atoms with Crippen molar-refractivity contribution in [3.8, 4) is 11.4 Å². The summed E-state index contributed by atoms with van der Waals surface area (Å²) in [6, 6.07) is 12.0. The number of halogens is 2. The van der Waals surface area contributed by atoms with Crippen molar-refractivity contribution in [2.75, 3.05) is 0 Å². The fourth-order valence-electron chi connectivity index (χ4n) is 1.94. The van der Waals surface area contributed by atoms with Gasteiger partial charge in [-0.2, -0.15) is 0 Å². The number of aryl methyl sites for hydroxylation is 1. The topological polar surface area (TPSA) is 28.7 Å². The number of H-pyrrole nitrogens is 1. The van der Waals surface area contributed by atoms with Gasteiger partial charge in [0.2, 0.25) is 0 Å². The molecule has 0 saturated carbocycles. The molecule has 1 aromatic heterocycles. The molecule has 0 amide bonds. The quantitative estimate of drug-likeness (QED) is 0.674. The van der Waals surface area contributed by atoms with Gasteiger partial charge in [0.25, 0.3) is 0 Å². The lowest BCUT2D eigenvalue weighted by Crippen LogP contribution is -1.82. The van der Waals surface area contributed by atoms with E-state index in [0.29, 0.717) is 5.02 Å². The molecule has 0 aliphatic carbocycles. The van der Waals surface area contributed by atoms with Crippen LogP contribution in [0.5, 0.6) is 0 Å². The lowest BCUT2D eigenvalue weighted by atomic mass is 10.2. The van der Waals surface area contributed by atoms with E-state index in [0.717, 1.165) is 26.9 Å². The van der Waals surface area contributed by atoms with E-state index in [1.165, 1.54) is 5.56 Å². The van der Waals surface area contributed by atoms with E-state index in [2.05, 4.69) is 45.0 Å². The number of aromatic nitrogens is 2. The molecule has 18 heavy (non-hydrogen) atoms. The molecule has 0 spiro atoms. The number of hydrogen-bond donors (Lipinski definition) is 1. The lowest BCUT2D eigenvalue weighted by Gasteiger charge is -2.01. The van der Waals surface area contributed by atoms with Crippen molar-refractivity contribution in [2.45, 2.75) is 6.92 Å². The molecule has 2 aromatic carbocycles. The minimum absolute atomic E-state index is 0.674. The zero-order valence-electron chi connectivity index (χ0n) is 9.67. The summed E-state index contributed by atoms with van der Waals surface area (Å²) in [5, 5.41) is 0.674. The third kappa shape index (κ3) is 1.93. The van der Waals surface area contributed by atoms with Gasteiger partial charge in [-0.1, -0.05) is 23.7 Å². The third-order valence-corrected chi connectivity index (χ3v) is 4.14. The van der Waals surface area contributed by atoms with Gasteiger partial charge in [0.15, 0.2) is 0 Å². The summed E-state index contributed by atoms with van der Waals surface area (Å²) in [5.41, 5.74) is 4.09. The Balaban J connectivity index is 2.22. The van der Waals surface area contributed by atoms with Gasteiger partial charge in [-0.25, -0.2) is 4.98 Å². The van der Waals surface area contributed by atoms with Crippen molar-refractivity contribution in [3.63, 3.8) is 0 Å². The van der Waals surface area contributed by atoms with Gasteiger partial charge >= 0.3 is 0 Å². The average Bonchev–Trinajstić information content (AvgIpc) is 2.75. The van der Waals surface area contributed by atoms with Crippen LogP contribution in [0.3, 0.4) is 0 Å². The Morgan fingerprint density at radius 2 is 2.06 bits per heavy atom. The van der Waals surface area contributed by atoms with Gasteiger partial charge in [-0.3, -0.25) is 0 Å². The fraction of sp³-hybridized carbons (Fsp3) is 0.0714. The largest absolute Gasteiger partial charge is 0.338 e. The van der Waals surface area contributed by atoms with Crippen molar-refractivity contribution in [1.82, 2.24) is 9.97 Å². The second-order valence-electron chi connectivity index (χ2n) is 4.21. The summed E-state index contributed by atoms with van der Waals surface area (Å²) in [7, 11) is 0. The van der Waals surface area contributed by atoms with Crippen molar-refractivity contribution >= 4 is 38.6 Å². The number of rotatable bonds is 1. The summed E-state index contributed by atoms with van der Waals surface area (Å²) in [6.07, 6.45) is 0. The van der Waals surface area contributed by atoms with E-state index in [1.807, 2.05) is 24.3 Å². The molecule has 0 bridgehead atoms. The van der Waals surface area contributed by atoms with Gasteiger partial charge in [0, 0.05) is 10.0 Å². The first-order chi connectivity index (χ1) is 8.65. The Bertz CT molecular complexity index is 734. The maximum Gasteiger partial charge on any atom is 0.140 e. The standard InChI is InChI=1S/C14H10BrClN2/c1-8-5-6-11-12(7-8)18-14(17-11)9-3-2-4-10(15)13(9)16/h2-7H,1H3,(H,17,18). The number of nitrogens with one attached hydrogen (secondary N) is 1. The Kier molecular flexibility index (Phi) is 2.88. The molecule has 1 N–H and O–H groups in total. The predicted octanol–water partition coefficient (Wildman–Crippen LogP) is 4.95. The van der Waals surface area contributed by atoms with Gasteiger partial charge in [0.1, 0.15) is 5.82 Å². The van der Waals surface area contributed by atoms with Crippen LogP contribution in [0.25, 0.3) is 22.4 Å².